The fourth-order valence-corrected chi connectivity index (χ4v) is 1.91. The van der Waals surface area contributed by atoms with Crippen LogP contribution in [-0.2, 0) is 22.7 Å². The number of anilines is 1. The lowest BCUT2D eigenvalue weighted by Crippen LogP contribution is -2.14. The van der Waals surface area contributed by atoms with Crippen LogP contribution in [0, 0.1) is 5.82 Å². The molecule has 7 heteroatoms. The molecule has 0 fully saturated rings. The van der Waals surface area contributed by atoms with E-state index in [1.165, 1.54) is 29.2 Å². The second-order valence-electron chi connectivity index (χ2n) is 3.87. The fourth-order valence-electron chi connectivity index (χ4n) is 1.44. The van der Waals surface area contributed by atoms with E-state index in [-0.39, 0.29) is 19.0 Å². The monoisotopic (exact) mass is 327 g/mol. The van der Waals surface area contributed by atoms with Crippen LogP contribution in [0.25, 0.3) is 0 Å². The SMILES string of the molecule is Nc1cnn(CC(=O)OCc2ccc(F)cc2Br)c1. The van der Waals surface area contributed by atoms with Crippen LogP contribution in [-0.4, -0.2) is 15.7 Å². The minimum absolute atomic E-state index is 0.0178. The lowest BCUT2D eigenvalue weighted by atomic mass is 10.2. The Hall–Kier alpha value is -1.89. The summed E-state index contributed by atoms with van der Waals surface area (Å²) in [6.45, 7) is 0.0481. The molecular weight excluding hydrogens is 317 g/mol. The Morgan fingerprint density at radius 2 is 2.32 bits per heavy atom. The van der Waals surface area contributed by atoms with Crippen LogP contribution < -0.4 is 5.73 Å². The summed E-state index contributed by atoms with van der Waals surface area (Å²) in [6, 6.07) is 4.18. The molecule has 2 N–H and O–H groups in total. The van der Waals surface area contributed by atoms with Gasteiger partial charge in [0.2, 0.25) is 0 Å². The highest BCUT2D eigenvalue weighted by Crippen LogP contribution is 2.18. The summed E-state index contributed by atoms with van der Waals surface area (Å²) in [7, 11) is 0. The molecular formula is C12H11BrFN3O2. The van der Waals surface area contributed by atoms with Crippen LogP contribution in [0.4, 0.5) is 10.1 Å². The van der Waals surface area contributed by atoms with E-state index in [0.717, 1.165) is 0 Å². The van der Waals surface area contributed by atoms with Crippen LogP contribution in [0.1, 0.15) is 5.56 Å². The van der Waals surface area contributed by atoms with Crippen molar-refractivity contribution >= 4 is 27.6 Å². The normalized spacial score (nSPS) is 10.4. The van der Waals surface area contributed by atoms with E-state index < -0.39 is 5.97 Å². The zero-order valence-corrected chi connectivity index (χ0v) is 11.4. The first-order chi connectivity index (χ1) is 9.04. The molecule has 0 bridgehead atoms. The summed E-state index contributed by atoms with van der Waals surface area (Å²) in [4.78, 5) is 11.6. The first-order valence-electron chi connectivity index (χ1n) is 5.42. The van der Waals surface area contributed by atoms with Crippen molar-refractivity contribution < 1.29 is 13.9 Å². The number of halogens is 2. The number of nitrogens with zero attached hydrogens (tertiary/aromatic N) is 2. The Morgan fingerprint density at radius 3 is 2.95 bits per heavy atom. The van der Waals surface area contributed by atoms with Crippen molar-refractivity contribution in [3.05, 3.63) is 46.4 Å². The van der Waals surface area contributed by atoms with Crippen LogP contribution in [0.5, 0.6) is 0 Å². The van der Waals surface area contributed by atoms with Crippen molar-refractivity contribution in [3.63, 3.8) is 0 Å². The molecule has 1 aromatic heterocycles. The molecule has 19 heavy (non-hydrogen) atoms. The number of hydrogen-bond acceptors (Lipinski definition) is 4. The van der Waals surface area contributed by atoms with Gasteiger partial charge >= 0.3 is 5.97 Å². The van der Waals surface area contributed by atoms with Gasteiger partial charge in [0, 0.05) is 16.2 Å². The highest BCUT2D eigenvalue weighted by atomic mass is 79.9. The maximum absolute atomic E-state index is 12.9. The molecule has 5 nitrogen and oxygen atoms in total. The predicted octanol–water partition coefficient (Wildman–Crippen LogP) is 2.11. The van der Waals surface area contributed by atoms with E-state index in [9.17, 15) is 9.18 Å². The molecule has 0 unspecified atom stereocenters. The minimum atomic E-state index is -0.445. The maximum atomic E-state index is 12.9. The number of carbonyl (C=O) groups is 1. The molecule has 1 aromatic carbocycles. The number of hydrogen-bond donors (Lipinski definition) is 1. The molecule has 0 amide bonds. The Labute approximate surface area is 117 Å². The number of nitrogen functional groups attached to an aromatic ring is 1. The lowest BCUT2D eigenvalue weighted by molar-refractivity contribution is -0.145. The quantitative estimate of drug-likeness (QED) is 0.873. The highest BCUT2D eigenvalue weighted by molar-refractivity contribution is 9.10. The van der Waals surface area contributed by atoms with E-state index >= 15 is 0 Å². The van der Waals surface area contributed by atoms with Gasteiger partial charge in [-0.2, -0.15) is 5.10 Å². The number of rotatable bonds is 4. The molecule has 0 spiro atoms. The number of ether oxygens (including phenoxy) is 1. The van der Waals surface area contributed by atoms with Crippen molar-refractivity contribution in [2.75, 3.05) is 5.73 Å². The second-order valence-corrected chi connectivity index (χ2v) is 4.72. The van der Waals surface area contributed by atoms with Crippen LogP contribution in [0.3, 0.4) is 0 Å². The third-order valence-electron chi connectivity index (χ3n) is 2.35. The third kappa shape index (κ3) is 3.78. The van der Waals surface area contributed by atoms with Gasteiger partial charge in [-0.25, -0.2) is 4.39 Å². The molecule has 0 saturated carbocycles. The minimum Gasteiger partial charge on any atom is -0.459 e. The molecule has 0 aliphatic heterocycles. The summed E-state index contributed by atoms with van der Waals surface area (Å²) >= 11 is 3.20. The summed E-state index contributed by atoms with van der Waals surface area (Å²) in [5, 5.41) is 3.87. The molecule has 0 atom stereocenters. The number of nitrogens with two attached hydrogens (primary N) is 1. The Kier molecular flexibility index (Phi) is 4.16. The topological polar surface area (TPSA) is 70.1 Å². The number of benzene rings is 1. The molecule has 2 rings (SSSR count). The molecule has 0 saturated heterocycles. The molecule has 2 aromatic rings. The molecule has 100 valence electrons. The van der Waals surface area contributed by atoms with E-state index in [2.05, 4.69) is 21.0 Å². The Balaban J connectivity index is 1.89. The van der Waals surface area contributed by atoms with E-state index in [1.54, 1.807) is 6.07 Å². The molecule has 0 aliphatic carbocycles. The number of esters is 1. The largest absolute Gasteiger partial charge is 0.459 e. The Morgan fingerprint density at radius 1 is 1.53 bits per heavy atom. The van der Waals surface area contributed by atoms with Crippen molar-refractivity contribution in [1.82, 2.24) is 9.78 Å². The standard InChI is InChI=1S/C12H11BrFN3O2/c13-11-3-9(14)2-1-8(11)7-19-12(18)6-17-5-10(15)4-16-17/h1-5H,6-7,15H2. The number of aromatic nitrogens is 2. The first-order valence-corrected chi connectivity index (χ1v) is 6.21. The van der Waals surface area contributed by atoms with Gasteiger partial charge in [0.25, 0.3) is 0 Å². The van der Waals surface area contributed by atoms with Crippen molar-refractivity contribution in [1.29, 1.82) is 0 Å². The molecule has 0 radical (unpaired) electrons. The highest BCUT2D eigenvalue weighted by Gasteiger charge is 2.08. The summed E-state index contributed by atoms with van der Waals surface area (Å²) < 4.78 is 19.9. The van der Waals surface area contributed by atoms with E-state index in [4.69, 9.17) is 10.5 Å². The average molecular weight is 328 g/mol. The zero-order chi connectivity index (χ0) is 13.8. The van der Waals surface area contributed by atoms with Gasteiger partial charge in [-0.15, -0.1) is 0 Å². The summed E-state index contributed by atoms with van der Waals surface area (Å²) in [5.74, 6) is -0.798. The van der Waals surface area contributed by atoms with E-state index in [1.807, 2.05) is 0 Å². The number of carbonyl (C=O) groups excluding carboxylic acids is 1. The van der Waals surface area contributed by atoms with Gasteiger partial charge in [0.15, 0.2) is 0 Å². The smallest absolute Gasteiger partial charge is 0.328 e. The summed E-state index contributed by atoms with van der Waals surface area (Å²) in [5.41, 5.74) is 6.65. The van der Waals surface area contributed by atoms with Gasteiger partial charge in [-0.05, 0) is 12.1 Å². The Bertz CT molecular complexity index is 600. The molecule has 1 heterocycles. The lowest BCUT2D eigenvalue weighted by Gasteiger charge is -2.07. The van der Waals surface area contributed by atoms with Gasteiger partial charge in [0.1, 0.15) is 19.0 Å². The maximum Gasteiger partial charge on any atom is 0.328 e. The van der Waals surface area contributed by atoms with Crippen molar-refractivity contribution in [3.8, 4) is 0 Å². The molecule has 0 aliphatic rings. The summed E-state index contributed by atoms with van der Waals surface area (Å²) in [6.07, 6.45) is 2.99. The van der Waals surface area contributed by atoms with Gasteiger partial charge in [-0.3, -0.25) is 9.48 Å². The van der Waals surface area contributed by atoms with Crippen LogP contribution in [0.15, 0.2) is 35.1 Å². The zero-order valence-electron chi connectivity index (χ0n) is 9.85. The van der Waals surface area contributed by atoms with Gasteiger partial charge in [-0.1, -0.05) is 22.0 Å². The van der Waals surface area contributed by atoms with Crippen LogP contribution in [0.2, 0.25) is 0 Å². The van der Waals surface area contributed by atoms with Gasteiger partial charge < -0.3 is 10.5 Å². The van der Waals surface area contributed by atoms with Gasteiger partial charge in [0.05, 0.1) is 11.9 Å². The van der Waals surface area contributed by atoms with Crippen LogP contribution >= 0.6 is 15.9 Å². The average Bonchev–Trinajstić information content (AvgIpc) is 2.73. The second kappa shape index (κ2) is 5.83. The predicted molar refractivity (Wildman–Crippen MR) is 70.5 cm³/mol. The third-order valence-corrected chi connectivity index (χ3v) is 3.09. The first kappa shape index (κ1) is 13.5. The van der Waals surface area contributed by atoms with Crippen molar-refractivity contribution in [2.24, 2.45) is 0 Å². The van der Waals surface area contributed by atoms with E-state index in [0.29, 0.717) is 15.7 Å². The fraction of sp³-hybridized carbons (Fsp3) is 0.167. The van der Waals surface area contributed by atoms with Crippen molar-refractivity contribution in [2.45, 2.75) is 13.2 Å².